The summed E-state index contributed by atoms with van der Waals surface area (Å²) >= 11 is 0. The van der Waals surface area contributed by atoms with Crippen LogP contribution in [-0.2, 0) is 20.1 Å². The molecule has 1 aromatic rings. The van der Waals surface area contributed by atoms with E-state index in [1.54, 1.807) is 0 Å². The third-order valence-corrected chi connectivity index (χ3v) is 3.96. The predicted octanol–water partition coefficient (Wildman–Crippen LogP) is 2.73. The molecule has 0 N–H and O–H groups in total. The van der Waals surface area contributed by atoms with Crippen LogP contribution in [0.25, 0.3) is 0 Å². The van der Waals surface area contributed by atoms with Crippen LogP contribution in [0, 0.1) is 6.92 Å². The second-order valence-electron chi connectivity index (χ2n) is 5.50. The molecule has 0 aliphatic carbocycles. The van der Waals surface area contributed by atoms with Crippen LogP contribution in [0.5, 0.6) is 0 Å². The van der Waals surface area contributed by atoms with Gasteiger partial charge >= 0.3 is 0 Å². The lowest BCUT2D eigenvalue weighted by Crippen LogP contribution is -2.47. The molecule has 2 aliphatic heterocycles. The summed E-state index contributed by atoms with van der Waals surface area (Å²) in [7, 11) is 0. The molecule has 0 aromatic heterocycles. The van der Waals surface area contributed by atoms with Crippen LogP contribution in [0.4, 0.5) is 5.69 Å². The lowest BCUT2D eigenvalue weighted by Gasteiger charge is -2.32. The van der Waals surface area contributed by atoms with Crippen molar-refractivity contribution in [3.8, 4) is 0 Å². The highest BCUT2D eigenvalue weighted by atomic mass is 16.7. The summed E-state index contributed by atoms with van der Waals surface area (Å²) in [5.74, 6) is -1.25. The number of carbonyl (C=O) groups excluding carboxylic acids is 1. The fraction of sp³-hybridized carbons (Fsp3) is 0.562. The molecule has 2 aliphatic rings. The number of hydrogen-bond acceptors (Lipinski definition) is 3. The van der Waals surface area contributed by atoms with Crippen molar-refractivity contribution in [2.45, 2.75) is 38.9 Å². The van der Waals surface area contributed by atoms with Gasteiger partial charge in [0.15, 0.2) is 0 Å². The number of ether oxygens (including phenoxy) is 2. The zero-order valence-corrected chi connectivity index (χ0v) is 12.1. The molecule has 1 amide bonds. The molecule has 108 valence electrons. The van der Waals surface area contributed by atoms with Gasteiger partial charge in [0.1, 0.15) is 0 Å². The molecule has 2 heterocycles. The molecular weight excluding hydrogens is 254 g/mol. The van der Waals surface area contributed by atoms with Gasteiger partial charge < -0.3 is 14.4 Å². The summed E-state index contributed by atoms with van der Waals surface area (Å²) in [6, 6.07) is 6.06. The monoisotopic (exact) mass is 275 g/mol. The van der Waals surface area contributed by atoms with E-state index < -0.39 is 5.79 Å². The highest BCUT2D eigenvalue weighted by Crippen LogP contribution is 2.45. The van der Waals surface area contributed by atoms with Gasteiger partial charge in [-0.25, -0.2) is 0 Å². The van der Waals surface area contributed by atoms with E-state index in [2.05, 4.69) is 6.92 Å². The Morgan fingerprint density at radius 2 is 2.05 bits per heavy atom. The van der Waals surface area contributed by atoms with Gasteiger partial charge in [0, 0.05) is 12.1 Å². The van der Waals surface area contributed by atoms with Crippen LogP contribution in [0.15, 0.2) is 18.2 Å². The van der Waals surface area contributed by atoms with Crippen molar-refractivity contribution in [1.82, 2.24) is 0 Å². The Balaban J connectivity index is 2.05. The van der Waals surface area contributed by atoms with E-state index in [1.165, 1.54) is 0 Å². The number of rotatable bonds is 3. The van der Waals surface area contributed by atoms with Gasteiger partial charge in [-0.1, -0.05) is 25.0 Å². The molecule has 0 atom stereocenters. The second-order valence-corrected chi connectivity index (χ2v) is 5.50. The Morgan fingerprint density at radius 3 is 2.75 bits per heavy atom. The first-order valence-corrected chi connectivity index (χ1v) is 7.40. The van der Waals surface area contributed by atoms with Crippen molar-refractivity contribution in [2.75, 3.05) is 24.7 Å². The summed E-state index contributed by atoms with van der Waals surface area (Å²) in [6.07, 6.45) is 2.87. The zero-order valence-electron chi connectivity index (χ0n) is 12.1. The van der Waals surface area contributed by atoms with Gasteiger partial charge in [0.05, 0.1) is 18.9 Å². The van der Waals surface area contributed by atoms with E-state index in [0.29, 0.717) is 13.2 Å². The molecular formula is C16H21NO3. The highest BCUT2D eigenvalue weighted by Gasteiger charge is 2.54. The Labute approximate surface area is 119 Å². The molecule has 0 saturated carbocycles. The number of hydrogen-bond donors (Lipinski definition) is 0. The van der Waals surface area contributed by atoms with Crippen LogP contribution < -0.4 is 4.90 Å². The summed E-state index contributed by atoms with van der Waals surface area (Å²) in [5, 5.41) is 0. The maximum atomic E-state index is 12.8. The normalized spacial score (nSPS) is 20.5. The van der Waals surface area contributed by atoms with E-state index in [9.17, 15) is 4.79 Å². The molecule has 4 nitrogen and oxygen atoms in total. The van der Waals surface area contributed by atoms with E-state index in [-0.39, 0.29) is 5.91 Å². The Morgan fingerprint density at radius 1 is 1.30 bits per heavy atom. The van der Waals surface area contributed by atoms with Gasteiger partial charge in [-0.3, -0.25) is 4.79 Å². The van der Waals surface area contributed by atoms with Gasteiger partial charge in [-0.15, -0.1) is 0 Å². The first kappa shape index (κ1) is 13.6. The average Bonchev–Trinajstić information content (AvgIpc) is 2.68. The minimum absolute atomic E-state index is 0.0637. The third kappa shape index (κ3) is 1.95. The molecule has 1 spiro atoms. The van der Waals surface area contributed by atoms with Gasteiger partial charge in [-0.05, 0) is 31.9 Å². The smallest absolute Gasteiger partial charge is 0.292 e. The number of aryl methyl sites for hydroxylation is 1. The predicted molar refractivity (Wildman–Crippen MR) is 76.6 cm³/mol. The van der Waals surface area contributed by atoms with Crippen molar-refractivity contribution < 1.29 is 14.3 Å². The number of amides is 1. The van der Waals surface area contributed by atoms with E-state index in [4.69, 9.17) is 9.47 Å². The van der Waals surface area contributed by atoms with E-state index >= 15 is 0 Å². The van der Waals surface area contributed by atoms with Gasteiger partial charge in [-0.2, -0.15) is 0 Å². The number of fused-ring (bicyclic) bond motifs is 2. The van der Waals surface area contributed by atoms with Crippen molar-refractivity contribution in [3.63, 3.8) is 0 Å². The average molecular weight is 275 g/mol. The second kappa shape index (κ2) is 5.19. The van der Waals surface area contributed by atoms with Crippen LogP contribution in [0.1, 0.15) is 37.3 Å². The van der Waals surface area contributed by atoms with Gasteiger partial charge in [0.2, 0.25) is 0 Å². The number of nitrogens with zero attached hydrogens (tertiary/aromatic N) is 1. The fourth-order valence-electron chi connectivity index (χ4n) is 2.90. The topological polar surface area (TPSA) is 38.8 Å². The van der Waals surface area contributed by atoms with Crippen LogP contribution >= 0.6 is 0 Å². The Bertz CT molecular complexity index is 520. The van der Waals surface area contributed by atoms with Crippen LogP contribution in [0.3, 0.4) is 0 Å². The zero-order chi connectivity index (χ0) is 14.2. The number of unbranched alkanes of at least 4 members (excludes halogenated alkanes) is 1. The lowest BCUT2D eigenvalue weighted by atomic mass is 10.0. The first-order valence-electron chi connectivity index (χ1n) is 7.40. The van der Waals surface area contributed by atoms with Gasteiger partial charge in [0.25, 0.3) is 11.7 Å². The summed E-state index contributed by atoms with van der Waals surface area (Å²) < 4.78 is 11.6. The quantitative estimate of drug-likeness (QED) is 0.851. The SMILES string of the molecule is CCCCN1C(=O)C2(OCCCO2)c2cc(C)ccc21. The van der Waals surface area contributed by atoms with Crippen molar-refractivity contribution in [3.05, 3.63) is 29.3 Å². The number of anilines is 1. The van der Waals surface area contributed by atoms with Crippen molar-refractivity contribution >= 4 is 11.6 Å². The van der Waals surface area contributed by atoms with Crippen molar-refractivity contribution in [1.29, 1.82) is 0 Å². The number of carbonyl (C=O) groups is 1. The largest absolute Gasteiger partial charge is 0.338 e. The molecule has 4 heteroatoms. The van der Waals surface area contributed by atoms with Crippen molar-refractivity contribution in [2.24, 2.45) is 0 Å². The lowest BCUT2D eigenvalue weighted by molar-refractivity contribution is -0.256. The standard InChI is InChI=1S/C16H21NO3/c1-3-4-8-17-14-7-6-12(2)11-13(14)16(15(17)18)19-9-5-10-20-16/h6-7,11H,3-5,8-10H2,1-2H3. The summed E-state index contributed by atoms with van der Waals surface area (Å²) in [5.41, 5.74) is 2.93. The molecule has 0 radical (unpaired) electrons. The summed E-state index contributed by atoms with van der Waals surface area (Å²) in [4.78, 5) is 14.7. The molecule has 0 bridgehead atoms. The van der Waals surface area contributed by atoms with E-state index in [1.807, 2.05) is 30.0 Å². The highest BCUT2D eigenvalue weighted by molar-refractivity contribution is 6.06. The molecule has 1 aromatic carbocycles. The minimum Gasteiger partial charge on any atom is -0.338 e. The summed E-state index contributed by atoms with van der Waals surface area (Å²) in [6.45, 7) is 6.01. The Kier molecular flexibility index (Phi) is 3.52. The fourth-order valence-corrected chi connectivity index (χ4v) is 2.90. The number of benzene rings is 1. The molecule has 0 unspecified atom stereocenters. The first-order chi connectivity index (χ1) is 9.69. The van der Waals surface area contributed by atoms with Crippen LogP contribution in [0.2, 0.25) is 0 Å². The van der Waals surface area contributed by atoms with Crippen LogP contribution in [-0.4, -0.2) is 25.7 Å². The molecule has 20 heavy (non-hydrogen) atoms. The minimum atomic E-state index is -1.19. The molecule has 1 saturated heterocycles. The van der Waals surface area contributed by atoms with E-state index in [0.717, 1.165) is 42.6 Å². The third-order valence-electron chi connectivity index (χ3n) is 3.96. The maximum Gasteiger partial charge on any atom is 0.292 e. The molecule has 3 rings (SSSR count). The Hall–Kier alpha value is -1.39. The molecule has 1 fully saturated rings. The maximum absolute atomic E-state index is 12.8.